The van der Waals surface area contributed by atoms with Crippen molar-refractivity contribution in [3.8, 4) is 6.07 Å². The molecular formula is C14H19N3O. The fraction of sp³-hybridized carbons (Fsp3) is 0.429. The van der Waals surface area contributed by atoms with Gasteiger partial charge in [0.2, 0.25) is 5.91 Å². The molecule has 1 aromatic carbocycles. The lowest BCUT2D eigenvalue weighted by molar-refractivity contribution is -0.119. The highest BCUT2D eigenvalue weighted by Crippen LogP contribution is 2.22. The normalized spacial score (nSPS) is 12.7. The van der Waals surface area contributed by atoms with Crippen molar-refractivity contribution in [1.29, 1.82) is 5.26 Å². The number of carbonyl (C=O) groups is 1. The zero-order chi connectivity index (χ0) is 13.9. The van der Waals surface area contributed by atoms with Crippen molar-refractivity contribution in [2.45, 2.75) is 33.7 Å². The van der Waals surface area contributed by atoms with Crippen LogP contribution >= 0.6 is 0 Å². The Kier molecular flexibility index (Phi) is 4.10. The Hall–Kier alpha value is -1.86. The van der Waals surface area contributed by atoms with Crippen molar-refractivity contribution in [1.82, 2.24) is 0 Å². The summed E-state index contributed by atoms with van der Waals surface area (Å²) in [6.07, 6.45) is 0. The summed E-state index contributed by atoms with van der Waals surface area (Å²) in [5.74, 6) is -0.274. The monoisotopic (exact) mass is 245 g/mol. The lowest BCUT2D eigenvalue weighted by atomic mass is 9.87. The van der Waals surface area contributed by atoms with E-state index in [9.17, 15) is 4.79 Å². The van der Waals surface area contributed by atoms with Gasteiger partial charge < -0.3 is 11.1 Å². The first-order valence-corrected chi connectivity index (χ1v) is 5.83. The molecule has 0 aliphatic heterocycles. The van der Waals surface area contributed by atoms with Gasteiger partial charge in [0.05, 0.1) is 17.3 Å². The van der Waals surface area contributed by atoms with E-state index < -0.39 is 6.04 Å². The quantitative estimate of drug-likeness (QED) is 0.838. The molecular weight excluding hydrogens is 226 g/mol. The van der Waals surface area contributed by atoms with E-state index in [1.165, 1.54) is 0 Å². The standard InChI is InChI=1S/C14H19N3O/c1-9-6-5-7-11(10(9)8-15)17-13(18)12(16)14(2,3)4/h5-7,12H,16H2,1-4H3,(H,17,18). The van der Waals surface area contributed by atoms with Crippen LogP contribution in [0.2, 0.25) is 0 Å². The van der Waals surface area contributed by atoms with Crippen LogP contribution in [0.1, 0.15) is 31.9 Å². The zero-order valence-corrected chi connectivity index (χ0v) is 11.2. The van der Waals surface area contributed by atoms with Crippen molar-refractivity contribution in [2.75, 3.05) is 5.32 Å². The first-order valence-electron chi connectivity index (χ1n) is 5.83. The molecule has 0 saturated heterocycles. The second-order valence-electron chi connectivity index (χ2n) is 5.44. The van der Waals surface area contributed by atoms with Crippen LogP contribution in [0.4, 0.5) is 5.69 Å². The Morgan fingerprint density at radius 1 is 1.44 bits per heavy atom. The van der Waals surface area contributed by atoms with Gasteiger partial charge in [0.1, 0.15) is 6.07 Å². The third-order valence-corrected chi connectivity index (χ3v) is 2.86. The van der Waals surface area contributed by atoms with Crippen molar-refractivity contribution in [3.63, 3.8) is 0 Å². The van der Waals surface area contributed by atoms with Crippen molar-refractivity contribution in [3.05, 3.63) is 29.3 Å². The Balaban J connectivity index is 2.97. The highest BCUT2D eigenvalue weighted by atomic mass is 16.2. The maximum Gasteiger partial charge on any atom is 0.241 e. The zero-order valence-electron chi connectivity index (χ0n) is 11.2. The summed E-state index contributed by atoms with van der Waals surface area (Å²) in [6.45, 7) is 7.54. The first kappa shape index (κ1) is 14.2. The lowest BCUT2D eigenvalue weighted by Crippen LogP contribution is -2.45. The summed E-state index contributed by atoms with van der Waals surface area (Å²) in [7, 11) is 0. The molecule has 0 saturated carbocycles. The predicted molar refractivity (Wildman–Crippen MR) is 72.0 cm³/mol. The molecule has 96 valence electrons. The number of nitrogens with zero attached hydrogens (tertiary/aromatic N) is 1. The first-order chi connectivity index (χ1) is 8.27. The van der Waals surface area contributed by atoms with E-state index in [2.05, 4.69) is 11.4 Å². The maximum atomic E-state index is 12.0. The van der Waals surface area contributed by atoms with E-state index in [1.807, 2.05) is 33.8 Å². The average molecular weight is 245 g/mol. The Morgan fingerprint density at radius 3 is 2.56 bits per heavy atom. The number of nitrogens with two attached hydrogens (primary N) is 1. The molecule has 1 amide bonds. The molecule has 0 bridgehead atoms. The molecule has 3 N–H and O–H groups in total. The Morgan fingerprint density at radius 2 is 2.06 bits per heavy atom. The van der Waals surface area contributed by atoms with Crippen molar-refractivity contribution in [2.24, 2.45) is 11.1 Å². The molecule has 0 heterocycles. The topological polar surface area (TPSA) is 78.9 Å². The molecule has 1 atom stereocenters. The second-order valence-corrected chi connectivity index (χ2v) is 5.44. The Labute approximate surface area is 108 Å². The third kappa shape index (κ3) is 3.08. The molecule has 1 unspecified atom stereocenters. The van der Waals surface area contributed by atoms with Crippen LogP contribution in [0, 0.1) is 23.7 Å². The average Bonchev–Trinajstić information content (AvgIpc) is 2.27. The highest BCUT2D eigenvalue weighted by Gasteiger charge is 2.27. The lowest BCUT2D eigenvalue weighted by Gasteiger charge is -2.26. The van der Waals surface area contributed by atoms with Gasteiger partial charge in [-0.15, -0.1) is 0 Å². The minimum atomic E-state index is -0.621. The molecule has 1 rings (SSSR count). The minimum absolute atomic E-state index is 0.274. The van der Waals surface area contributed by atoms with Crippen LogP contribution in [0.15, 0.2) is 18.2 Å². The molecule has 4 nitrogen and oxygen atoms in total. The number of nitrogens with one attached hydrogen (secondary N) is 1. The number of anilines is 1. The van der Waals surface area contributed by atoms with E-state index in [4.69, 9.17) is 11.0 Å². The van der Waals surface area contributed by atoms with Gasteiger partial charge in [-0.1, -0.05) is 32.9 Å². The van der Waals surface area contributed by atoms with E-state index in [0.717, 1.165) is 5.56 Å². The summed E-state index contributed by atoms with van der Waals surface area (Å²) in [5.41, 5.74) is 7.39. The van der Waals surface area contributed by atoms with Gasteiger partial charge in [-0.2, -0.15) is 5.26 Å². The molecule has 0 radical (unpaired) electrons. The molecule has 0 aliphatic rings. The van der Waals surface area contributed by atoms with E-state index in [1.54, 1.807) is 12.1 Å². The van der Waals surface area contributed by atoms with E-state index >= 15 is 0 Å². The third-order valence-electron chi connectivity index (χ3n) is 2.86. The summed E-state index contributed by atoms with van der Waals surface area (Å²) in [6, 6.07) is 6.81. The van der Waals surface area contributed by atoms with Gasteiger partial charge in [0, 0.05) is 0 Å². The van der Waals surface area contributed by atoms with Crippen molar-refractivity contribution >= 4 is 11.6 Å². The van der Waals surface area contributed by atoms with Crippen LogP contribution in [-0.2, 0) is 4.79 Å². The largest absolute Gasteiger partial charge is 0.324 e. The van der Waals surface area contributed by atoms with Crippen LogP contribution in [-0.4, -0.2) is 11.9 Å². The van der Waals surface area contributed by atoms with Gasteiger partial charge in [0.25, 0.3) is 0 Å². The Bertz CT molecular complexity index is 495. The number of hydrogen-bond acceptors (Lipinski definition) is 3. The number of amides is 1. The maximum absolute atomic E-state index is 12.0. The molecule has 1 aromatic rings. The number of rotatable bonds is 2. The van der Waals surface area contributed by atoms with Gasteiger partial charge in [-0.25, -0.2) is 0 Å². The molecule has 4 heteroatoms. The molecule has 18 heavy (non-hydrogen) atoms. The second kappa shape index (κ2) is 5.19. The number of carbonyl (C=O) groups excluding carboxylic acids is 1. The van der Waals surface area contributed by atoms with Gasteiger partial charge in [-0.3, -0.25) is 4.79 Å². The van der Waals surface area contributed by atoms with Crippen LogP contribution in [0.25, 0.3) is 0 Å². The fourth-order valence-corrected chi connectivity index (χ4v) is 1.52. The van der Waals surface area contributed by atoms with Crippen LogP contribution in [0.5, 0.6) is 0 Å². The van der Waals surface area contributed by atoms with Gasteiger partial charge >= 0.3 is 0 Å². The molecule has 0 fully saturated rings. The summed E-state index contributed by atoms with van der Waals surface area (Å²) in [5, 5.41) is 11.8. The number of hydrogen-bond donors (Lipinski definition) is 2. The number of nitriles is 1. The number of benzene rings is 1. The van der Waals surface area contributed by atoms with Crippen LogP contribution in [0.3, 0.4) is 0 Å². The summed E-state index contributed by atoms with van der Waals surface area (Å²) < 4.78 is 0. The van der Waals surface area contributed by atoms with Gasteiger partial charge in [0.15, 0.2) is 0 Å². The van der Waals surface area contributed by atoms with E-state index in [0.29, 0.717) is 11.3 Å². The van der Waals surface area contributed by atoms with Gasteiger partial charge in [-0.05, 0) is 24.0 Å². The molecule has 0 aliphatic carbocycles. The summed E-state index contributed by atoms with van der Waals surface area (Å²) in [4.78, 5) is 12.0. The SMILES string of the molecule is Cc1cccc(NC(=O)C(N)C(C)(C)C)c1C#N. The fourth-order valence-electron chi connectivity index (χ4n) is 1.52. The smallest absolute Gasteiger partial charge is 0.241 e. The molecule has 0 spiro atoms. The predicted octanol–water partition coefficient (Wildman–Crippen LogP) is 2.18. The van der Waals surface area contributed by atoms with E-state index in [-0.39, 0.29) is 11.3 Å². The van der Waals surface area contributed by atoms with Crippen LogP contribution < -0.4 is 11.1 Å². The minimum Gasteiger partial charge on any atom is -0.324 e. The molecule has 0 aromatic heterocycles. The highest BCUT2D eigenvalue weighted by molar-refractivity contribution is 5.96. The summed E-state index contributed by atoms with van der Waals surface area (Å²) >= 11 is 0. The van der Waals surface area contributed by atoms with Crippen molar-refractivity contribution < 1.29 is 4.79 Å². The number of aryl methyl sites for hydroxylation is 1.